The Balaban J connectivity index is 2.28. The molecule has 1 aromatic rings. The first-order valence-electron chi connectivity index (χ1n) is 5.99. The summed E-state index contributed by atoms with van der Waals surface area (Å²) in [6.07, 6.45) is 1.52. The van der Waals surface area contributed by atoms with Gasteiger partial charge in [-0.1, -0.05) is 12.1 Å². The molecule has 20 heavy (non-hydrogen) atoms. The monoisotopic (exact) mass is 274 g/mol. The van der Waals surface area contributed by atoms with Crippen LogP contribution in [0.15, 0.2) is 30.0 Å². The van der Waals surface area contributed by atoms with E-state index in [0.29, 0.717) is 5.75 Å². The summed E-state index contributed by atoms with van der Waals surface area (Å²) in [4.78, 5) is 35.8. The number of methoxy groups -OCH3 is 1. The summed E-state index contributed by atoms with van der Waals surface area (Å²) in [5, 5.41) is 2.48. The number of imide groups is 1. The van der Waals surface area contributed by atoms with E-state index in [9.17, 15) is 14.4 Å². The minimum atomic E-state index is -0.507. The molecule has 1 saturated heterocycles. The van der Waals surface area contributed by atoms with Crippen molar-refractivity contribution in [2.75, 3.05) is 13.7 Å². The summed E-state index contributed by atoms with van der Waals surface area (Å²) >= 11 is 0. The fourth-order valence-corrected chi connectivity index (χ4v) is 1.82. The van der Waals surface area contributed by atoms with E-state index in [2.05, 4.69) is 5.32 Å². The Labute approximate surface area is 116 Å². The molecular formula is C14H14N2O4. The molecule has 1 aliphatic heterocycles. The molecule has 1 N–H and O–H groups in total. The van der Waals surface area contributed by atoms with Crippen LogP contribution in [0, 0.1) is 0 Å². The van der Waals surface area contributed by atoms with Crippen molar-refractivity contribution >= 4 is 23.8 Å². The highest BCUT2D eigenvalue weighted by atomic mass is 16.5. The molecule has 1 fully saturated rings. The summed E-state index contributed by atoms with van der Waals surface area (Å²) in [6.45, 7) is 1.01. The van der Waals surface area contributed by atoms with Gasteiger partial charge in [0.1, 0.15) is 18.0 Å². The third-order valence-electron chi connectivity index (χ3n) is 2.86. The van der Waals surface area contributed by atoms with Crippen LogP contribution in [0.5, 0.6) is 5.75 Å². The van der Waals surface area contributed by atoms with Gasteiger partial charge in [-0.15, -0.1) is 0 Å². The van der Waals surface area contributed by atoms with Gasteiger partial charge in [-0.3, -0.25) is 19.3 Å². The lowest BCUT2D eigenvalue weighted by Crippen LogP contribution is -2.51. The SMILES string of the molecule is COc1ccc(/C=C2\NC(=O)CN(C(C)=O)C2=O)cc1. The lowest BCUT2D eigenvalue weighted by molar-refractivity contribution is -0.147. The van der Waals surface area contributed by atoms with E-state index in [1.807, 2.05) is 0 Å². The van der Waals surface area contributed by atoms with Gasteiger partial charge in [-0.2, -0.15) is 0 Å². The minimum Gasteiger partial charge on any atom is -0.497 e. The van der Waals surface area contributed by atoms with E-state index in [0.717, 1.165) is 10.5 Å². The first kappa shape index (κ1) is 13.8. The molecule has 6 nitrogen and oxygen atoms in total. The van der Waals surface area contributed by atoms with Crippen molar-refractivity contribution in [1.82, 2.24) is 10.2 Å². The molecule has 1 aromatic carbocycles. The number of nitrogens with one attached hydrogen (secondary N) is 1. The van der Waals surface area contributed by atoms with Gasteiger partial charge in [0.05, 0.1) is 7.11 Å². The molecule has 0 aromatic heterocycles. The number of hydrogen-bond donors (Lipinski definition) is 1. The highest BCUT2D eigenvalue weighted by Gasteiger charge is 2.30. The van der Waals surface area contributed by atoms with Gasteiger partial charge >= 0.3 is 0 Å². The Morgan fingerprint density at radius 3 is 2.50 bits per heavy atom. The van der Waals surface area contributed by atoms with E-state index < -0.39 is 11.8 Å². The normalized spacial score (nSPS) is 17.1. The molecule has 1 aliphatic rings. The van der Waals surface area contributed by atoms with Crippen LogP contribution < -0.4 is 10.1 Å². The molecule has 2 rings (SSSR count). The average molecular weight is 274 g/mol. The predicted molar refractivity (Wildman–Crippen MR) is 71.5 cm³/mol. The molecule has 3 amide bonds. The van der Waals surface area contributed by atoms with Crippen LogP contribution >= 0.6 is 0 Å². The number of hydrogen-bond acceptors (Lipinski definition) is 4. The number of carbonyl (C=O) groups is 3. The number of nitrogens with zero attached hydrogens (tertiary/aromatic N) is 1. The van der Waals surface area contributed by atoms with Crippen molar-refractivity contribution in [2.24, 2.45) is 0 Å². The van der Waals surface area contributed by atoms with Crippen molar-refractivity contribution in [2.45, 2.75) is 6.92 Å². The van der Waals surface area contributed by atoms with E-state index in [-0.39, 0.29) is 18.1 Å². The predicted octanol–water partition coefficient (Wildman–Crippen LogP) is 0.541. The van der Waals surface area contributed by atoms with Crippen LogP contribution in [0.2, 0.25) is 0 Å². The maximum atomic E-state index is 12.0. The molecule has 0 unspecified atom stereocenters. The zero-order chi connectivity index (χ0) is 14.7. The topological polar surface area (TPSA) is 75.7 Å². The summed E-state index contributed by atoms with van der Waals surface area (Å²) in [5.74, 6) is -0.658. The van der Waals surface area contributed by atoms with Crippen molar-refractivity contribution in [3.8, 4) is 5.75 Å². The summed E-state index contributed by atoms with van der Waals surface area (Å²) < 4.78 is 5.04. The Morgan fingerprint density at radius 2 is 1.95 bits per heavy atom. The zero-order valence-electron chi connectivity index (χ0n) is 11.2. The number of amides is 3. The fourth-order valence-electron chi connectivity index (χ4n) is 1.82. The molecule has 0 aliphatic carbocycles. The Bertz CT molecular complexity index is 590. The van der Waals surface area contributed by atoms with Crippen molar-refractivity contribution in [1.29, 1.82) is 0 Å². The van der Waals surface area contributed by atoms with Crippen LogP contribution in [0.3, 0.4) is 0 Å². The standard InChI is InChI=1S/C14H14N2O4/c1-9(17)16-8-13(18)15-12(14(16)19)7-10-3-5-11(20-2)6-4-10/h3-7H,8H2,1-2H3,(H,15,18)/b12-7-. The molecule has 1 heterocycles. The number of piperazine rings is 1. The van der Waals surface area contributed by atoms with Crippen LogP contribution in [-0.4, -0.2) is 36.3 Å². The highest BCUT2D eigenvalue weighted by molar-refractivity contribution is 6.12. The first-order chi connectivity index (χ1) is 9.51. The summed E-state index contributed by atoms with van der Waals surface area (Å²) in [6, 6.07) is 6.98. The molecular weight excluding hydrogens is 260 g/mol. The van der Waals surface area contributed by atoms with Crippen LogP contribution in [-0.2, 0) is 14.4 Å². The van der Waals surface area contributed by atoms with Gasteiger partial charge in [0.15, 0.2) is 0 Å². The van der Waals surface area contributed by atoms with Gasteiger partial charge in [0, 0.05) is 6.92 Å². The summed E-state index contributed by atoms with van der Waals surface area (Å²) in [7, 11) is 1.56. The van der Waals surface area contributed by atoms with Gasteiger partial charge in [-0.25, -0.2) is 0 Å². The van der Waals surface area contributed by atoms with Gasteiger partial charge in [0.25, 0.3) is 5.91 Å². The molecule has 104 valence electrons. The average Bonchev–Trinajstić information content (AvgIpc) is 2.43. The molecule has 0 saturated carbocycles. The third-order valence-corrected chi connectivity index (χ3v) is 2.86. The highest BCUT2D eigenvalue weighted by Crippen LogP contribution is 2.15. The number of carbonyl (C=O) groups excluding carboxylic acids is 3. The van der Waals surface area contributed by atoms with Gasteiger partial charge in [-0.05, 0) is 23.8 Å². The second kappa shape index (κ2) is 5.56. The molecule has 0 spiro atoms. The van der Waals surface area contributed by atoms with Crippen molar-refractivity contribution < 1.29 is 19.1 Å². The lowest BCUT2D eigenvalue weighted by Gasteiger charge is -2.25. The lowest BCUT2D eigenvalue weighted by atomic mass is 10.1. The minimum absolute atomic E-state index is 0.0848. The number of ether oxygens (including phenoxy) is 1. The second-order valence-electron chi connectivity index (χ2n) is 4.29. The Kier molecular flexibility index (Phi) is 3.84. The number of rotatable bonds is 2. The summed E-state index contributed by atoms with van der Waals surface area (Å²) in [5.41, 5.74) is 0.807. The van der Waals surface area contributed by atoms with E-state index in [1.165, 1.54) is 13.0 Å². The zero-order valence-corrected chi connectivity index (χ0v) is 11.2. The molecule has 0 bridgehead atoms. The van der Waals surface area contributed by atoms with Crippen LogP contribution in [0.4, 0.5) is 0 Å². The Morgan fingerprint density at radius 1 is 1.30 bits per heavy atom. The van der Waals surface area contributed by atoms with E-state index in [1.54, 1.807) is 31.4 Å². The van der Waals surface area contributed by atoms with Crippen LogP contribution in [0.25, 0.3) is 6.08 Å². The third kappa shape index (κ3) is 2.85. The van der Waals surface area contributed by atoms with E-state index in [4.69, 9.17) is 4.74 Å². The maximum absolute atomic E-state index is 12.0. The molecule has 6 heteroatoms. The molecule has 0 radical (unpaired) electrons. The number of benzene rings is 1. The smallest absolute Gasteiger partial charge is 0.277 e. The maximum Gasteiger partial charge on any atom is 0.277 e. The fraction of sp³-hybridized carbons (Fsp3) is 0.214. The van der Waals surface area contributed by atoms with Gasteiger partial charge in [0.2, 0.25) is 11.8 Å². The largest absolute Gasteiger partial charge is 0.497 e. The first-order valence-corrected chi connectivity index (χ1v) is 5.99. The quantitative estimate of drug-likeness (QED) is 0.799. The second-order valence-corrected chi connectivity index (χ2v) is 4.29. The van der Waals surface area contributed by atoms with Crippen molar-refractivity contribution in [3.63, 3.8) is 0 Å². The molecule has 0 atom stereocenters. The van der Waals surface area contributed by atoms with Crippen LogP contribution in [0.1, 0.15) is 12.5 Å². The van der Waals surface area contributed by atoms with E-state index >= 15 is 0 Å². The van der Waals surface area contributed by atoms with Crippen molar-refractivity contribution in [3.05, 3.63) is 35.5 Å². The Hall–Kier alpha value is -2.63. The van der Waals surface area contributed by atoms with Gasteiger partial charge < -0.3 is 10.1 Å².